The van der Waals surface area contributed by atoms with E-state index in [4.69, 9.17) is 11.6 Å². The minimum absolute atomic E-state index is 0.0145. The Morgan fingerprint density at radius 2 is 1.68 bits per heavy atom. The molecule has 0 atom stereocenters. The van der Waals surface area contributed by atoms with E-state index in [1.807, 2.05) is 13.8 Å². The number of likely N-dealkylation sites (N-methyl/N-ethyl adjacent to an activating group) is 1. The summed E-state index contributed by atoms with van der Waals surface area (Å²) in [4.78, 5) is 14.0. The topological polar surface area (TPSA) is 66.5 Å². The molecule has 0 bridgehead atoms. The number of halogens is 1. The van der Waals surface area contributed by atoms with E-state index in [0.29, 0.717) is 18.8 Å². The predicted octanol–water partition coefficient (Wildman–Crippen LogP) is 3.45. The van der Waals surface area contributed by atoms with Crippen molar-refractivity contribution in [3.05, 3.63) is 53.6 Å². The molecule has 1 amide bonds. The fourth-order valence-corrected chi connectivity index (χ4v) is 4.31. The Bertz CT molecular complexity index is 835. The Labute approximate surface area is 153 Å². The van der Waals surface area contributed by atoms with Gasteiger partial charge in [-0.3, -0.25) is 4.79 Å². The molecule has 0 heterocycles. The van der Waals surface area contributed by atoms with E-state index in [0.717, 1.165) is 0 Å². The average Bonchev–Trinajstić information content (AvgIpc) is 2.62. The SMILES string of the molecule is CCN(CC)C(=O)CNc1cccc(S(=O)(=O)c2ccccc2)c1Cl. The van der Waals surface area contributed by atoms with Crippen molar-refractivity contribution in [2.24, 2.45) is 0 Å². The molecule has 2 aromatic carbocycles. The van der Waals surface area contributed by atoms with E-state index in [9.17, 15) is 13.2 Å². The van der Waals surface area contributed by atoms with Crippen LogP contribution in [0.25, 0.3) is 0 Å². The first-order valence-electron chi connectivity index (χ1n) is 8.02. The largest absolute Gasteiger partial charge is 0.375 e. The normalized spacial score (nSPS) is 11.2. The summed E-state index contributed by atoms with van der Waals surface area (Å²) in [6, 6.07) is 12.8. The first-order chi connectivity index (χ1) is 11.9. The van der Waals surface area contributed by atoms with Gasteiger partial charge in [-0.1, -0.05) is 35.9 Å². The Balaban J connectivity index is 2.27. The number of nitrogens with one attached hydrogen (secondary N) is 1. The molecule has 0 aliphatic heterocycles. The van der Waals surface area contributed by atoms with E-state index in [-0.39, 0.29) is 27.3 Å². The van der Waals surface area contributed by atoms with Crippen molar-refractivity contribution >= 4 is 33.0 Å². The molecule has 0 aromatic heterocycles. The number of benzene rings is 2. The zero-order chi connectivity index (χ0) is 18.4. The molecule has 5 nitrogen and oxygen atoms in total. The van der Waals surface area contributed by atoms with Crippen LogP contribution in [0.3, 0.4) is 0 Å². The van der Waals surface area contributed by atoms with Crippen LogP contribution in [0.5, 0.6) is 0 Å². The second-order valence-electron chi connectivity index (χ2n) is 5.35. The first-order valence-corrected chi connectivity index (χ1v) is 9.88. The standard InChI is InChI=1S/C18H21ClN2O3S/c1-3-21(4-2)17(22)13-20-15-11-8-12-16(18(15)19)25(23,24)14-9-6-5-7-10-14/h5-12,20H,3-4,13H2,1-2H3. The highest BCUT2D eigenvalue weighted by Gasteiger charge is 2.22. The quantitative estimate of drug-likeness (QED) is 0.798. The van der Waals surface area contributed by atoms with Gasteiger partial charge in [0.1, 0.15) is 0 Å². The highest BCUT2D eigenvalue weighted by atomic mass is 35.5. The van der Waals surface area contributed by atoms with Crippen LogP contribution in [0.1, 0.15) is 13.8 Å². The van der Waals surface area contributed by atoms with Crippen LogP contribution in [0, 0.1) is 0 Å². The molecule has 1 N–H and O–H groups in total. The van der Waals surface area contributed by atoms with Crippen LogP contribution < -0.4 is 5.32 Å². The molecule has 0 radical (unpaired) electrons. The smallest absolute Gasteiger partial charge is 0.241 e. The number of carbonyl (C=O) groups excluding carboxylic acids is 1. The van der Waals surface area contributed by atoms with Gasteiger partial charge >= 0.3 is 0 Å². The van der Waals surface area contributed by atoms with Crippen molar-refractivity contribution < 1.29 is 13.2 Å². The number of hydrogen-bond acceptors (Lipinski definition) is 4. The molecule has 0 aliphatic carbocycles. The number of sulfone groups is 1. The Kier molecular flexibility index (Phi) is 6.45. The number of rotatable bonds is 7. The lowest BCUT2D eigenvalue weighted by Crippen LogP contribution is -2.35. The lowest BCUT2D eigenvalue weighted by Gasteiger charge is -2.19. The molecule has 134 valence electrons. The van der Waals surface area contributed by atoms with Crippen molar-refractivity contribution in [3.63, 3.8) is 0 Å². The van der Waals surface area contributed by atoms with Crippen molar-refractivity contribution in [1.29, 1.82) is 0 Å². The maximum atomic E-state index is 12.8. The zero-order valence-electron chi connectivity index (χ0n) is 14.2. The van der Waals surface area contributed by atoms with Gasteiger partial charge in [-0.15, -0.1) is 0 Å². The first kappa shape index (κ1) is 19.3. The summed E-state index contributed by atoms with van der Waals surface area (Å²) in [7, 11) is -3.72. The summed E-state index contributed by atoms with van der Waals surface area (Å²) in [6.45, 7) is 5.10. The fraction of sp³-hybridized carbons (Fsp3) is 0.278. The monoisotopic (exact) mass is 380 g/mol. The Morgan fingerprint density at radius 3 is 2.28 bits per heavy atom. The molecule has 0 saturated carbocycles. The summed E-state index contributed by atoms with van der Waals surface area (Å²) in [5, 5.41) is 3.02. The van der Waals surface area contributed by atoms with Crippen LogP contribution >= 0.6 is 11.6 Å². The molecule has 7 heteroatoms. The fourth-order valence-electron chi connectivity index (χ4n) is 2.44. The number of carbonyl (C=O) groups is 1. The van der Waals surface area contributed by atoms with Crippen LogP contribution in [0.4, 0.5) is 5.69 Å². The molecule has 0 unspecified atom stereocenters. The van der Waals surface area contributed by atoms with E-state index in [2.05, 4.69) is 5.32 Å². The van der Waals surface area contributed by atoms with Gasteiger partial charge < -0.3 is 10.2 Å². The third-order valence-corrected chi connectivity index (χ3v) is 6.18. The van der Waals surface area contributed by atoms with E-state index in [1.54, 1.807) is 35.2 Å². The summed E-state index contributed by atoms with van der Waals surface area (Å²) >= 11 is 6.31. The van der Waals surface area contributed by atoms with E-state index in [1.165, 1.54) is 18.2 Å². The van der Waals surface area contributed by atoms with E-state index >= 15 is 0 Å². The number of amides is 1. The molecule has 25 heavy (non-hydrogen) atoms. The van der Waals surface area contributed by atoms with Gasteiger partial charge in [0, 0.05) is 13.1 Å². The molecule has 0 saturated heterocycles. The van der Waals surface area contributed by atoms with Gasteiger partial charge in [0.25, 0.3) is 0 Å². The number of hydrogen-bond donors (Lipinski definition) is 1. The molecule has 0 fully saturated rings. The van der Waals surface area contributed by atoms with Gasteiger partial charge in [0.2, 0.25) is 15.7 Å². The molecule has 0 aliphatic rings. The average molecular weight is 381 g/mol. The maximum absolute atomic E-state index is 12.8. The highest BCUT2D eigenvalue weighted by molar-refractivity contribution is 7.91. The van der Waals surface area contributed by atoms with Gasteiger partial charge in [-0.2, -0.15) is 0 Å². The Hall–Kier alpha value is -2.05. The Morgan fingerprint density at radius 1 is 1.04 bits per heavy atom. The lowest BCUT2D eigenvalue weighted by molar-refractivity contribution is -0.128. The molecular weight excluding hydrogens is 360 g/mol. The third kappa shape index (κ3) is 4.32. The highest BCUT2D eigenvalue weighted by Crippen LogP contribution is 2.32. The van der Waals surface area contributed by atoms with Gasteiger partial charge in [0.15, 0.2) is 0 Å². The van der Waals surface area contributed by atoms with Gasteiger partial charge in [-0.25, -0.2) is 8.42 Å². The third-order valence-electron chi connectivity index (χ3n) is 3.85. The predicted molar refractivity (Wildman–Crippen MR) is 99.8 cm³/mol. The van der Waals surface area contributed by atoms with Gasteiger partial charge in [0.05, 0.1) is 27.0 Å². The zero-order valence-corrected chi connectivity index (χ0v) is 15.8. The molecular formula is C18H21ClN2O3S. The molecule has 0 spiro atoms. The van der Waals surface area contributed by atoms with Gasteiger partial charge in [-0.05, 0) is 38.1 Å². The van der Waals surface area contributed by atoms with Crippen LogP contribution in [0.2, 0.25) is 5.02 Å². The second kappa shape index (κ2) is 8.36. The van der Waals surface area contributed by atoms with Crippen molar-refractivity contribution in [1.82, 2.24) is 4.90 Å². The van der Waals surface area contributed by atoms with Crippen molar-refractivity contribution in [3.8, 4) is 0 Å². The van der Waals surface area contributed by atoms with Crippen molar-refractivity contribution in [2.75, 3.05) is 25.0 Å². The van der Waals surface area contributed by atoms with Crippen LogP contribution in [-0.4, -0.2) is 38.9 Å². The van der Waals surface area contributed by atoms with Crippen LogP contribution in [0.15, 0.2) is 58.3 Å². The summed E-state index contributed by atoms with van der Waals surface area (Å²) in [5.74, 6) is -0.0719. The summed E-state index contributed by atoms with van der Waals surface area (Å²) < 4.78 is 25.5. The summed E-state index contributed by atoms with van der Waals surface area (Å²) in [5.41, 5.74) is 0.416. The minimum atomic E-state index is -3.72. The number of nitrogens with zero attached hydrogens (tertiary/aromatic N) is 1. The lowest BCUT2D eigenvalue weighted by atomic mass is 10.3. The molecule has 2 rings (SSSR count). The molecule has 2 aromatic rings. The summed E-state index contributed by atoms with van der Waals surface area (Å²) in [6.07, 6.45) is 0. The minimum Gasteiger partial charge on any atom is -0.375 e. The van der Waals surface area contributed by atoms with Crippen LogP contribution in [-0.2, 0) is 14.6 Å². The van der Waals surface area contributed by atoms with Crippen molar-refractivity contribution in [2.45, 2.75) is 23.6 Å². The maximum Gasteiger partial charge on any atom is 0.241 e. The van der Waals surface area contributed by atoms with E-state index < -0.39 is 9.84 Å². The second-order valence-corrected chi connectivity index (χ2v) is 7.65. The number of anilines is 1.